The molecule has 0 bridgehead atoms. The summed E-state index contributed by atoms with van der Waals surface area (Å²) >= 11 is 6.23. The zero-order valence-electron chi connectivity index (χ0n) is 11.0. The largest absolute Gasteiger partial charge is 0.383 e. The van der Waals surface area contributed by atoms with Gasteiger partial charge in [0.2, 0.25) is 0 Å². The molecular formula is C13H14ClN5O. The third-order valence-electron chi connectivity index (χ3n) is 2.69. The fourth-order valence-corrected chi connectivity index (χ4v) is 2.06. The van der Waals surface area contributed by atoms with Crippen molar-refractivity contribution in [1.82, 2.24) is 20.1 Å². The molecule has 1 heterocycles. The van der Waals surface area contributed by atoms with E-state index in [1.54, 1.807) is 13.2 Å². The van der Waals surface area contributed by atoms with E-state index in [0.717, 1.165) is 17.8 Å². The molecule has 0 spiro atoms. The van der Waals surface area contributed by atoms with Crippen LogP contribution in [-0.2, 0) is 11.3 Å². The summed E-state index contributed by atoms with van der Waals surface area (Å²) in [4.78, 5) is 3.89. The van der Waals surface area contributed by atoms with Crippen LogP contribution in [0.5, 0.6) is 0 Å². The number of halogens is 1. The lowest BCUT2D eigenvalue weighted by molar-refractivity contribution is 0.199. The fourth-order valence-electron chi connectivity index (χ4n) is 1.78. The van der Waals surface area contributed by atoms with Crippen molar-refractivity contribution in [1.29, 1.82) is 5.26 Å². The second-order valence-corrected chi connectivity index (χ2v) is 4.45. The van der Waals surface area contributed by atoms with E-state index < -0.39 is 0 Å². The van der Waals surface area contributed by atoms with Crippen molar-refractivity contribution in [3.05, 3.63) is 40.9 Å². The lowest BCUT2D eigenvalue weighted by Crippen LogP contribution is -2.19. The van der Waals surface area contributed by atoms with Crippen LogP contribution in [0, 0.1) is 11.3 Å². The summed E-state index contributed by atoms with van der Waals surface area (Å²) in [6, 6.07) is 7.51. The Hall–Kier alpha value is -1.94. The minimum Gasteiger partial charge on any atom is -0.383 e. The average molecular weight is 292 g/mol. The summed E-state index contributed by atoms with van der Waals surface area (Å²) in [5.41, 5.74) is 1.70. The van der Waals surface area contributed by atoms with Gasteiger partial charge in [0.05, 0.1) is 17.3 Å². The van der Waals surface area contributed by atoms with Crippen LogP contribution in [0.2, 0.25) is 5.02 Å². The molecule has 1 aromatic carbocycles. The molecule has 0 aliphatic rings. The van der Waals surface area contributed by atoms with E-state index in [2.05, 4.69) is 15.4 Å². The summed E-state index contributed by atoms with van der Waals surface area (Å²) in [6.45, 7) is 2.00. The summed E-state index contributed by atoms with van der Waals surface area (Å²) in [5.74, 6) is 0.114. The van der Waals surface area contributed by atoms with Gasteiger partial charge in [0.1, 0.15) is 12.4 Å². The number of ether oxygens (including phenoxy) is 1. The summed E-state index contributed by atoms with van der Waals surface area (Å²) in [7, 11) is 1.66. The van der Waals surface area contributed by atoms with Crippen molar-refractivity contribution < 1.29 is 4.74 Å². The number of nitriles is 1. The second-order valence-electron chi connectivity index (χ2n) is 4.04. The van der Waals surface area contributed by atoms with Crippen LogP contribution < -0.4 is 5.32 Å². The van der Waals surface area contributed by atoms with E-state index in [9.17, 15) is 0 Å². The van der Waals surface area contributed by atoms with Gasteiger partial charge in [0, 0.05) is 20.2 Å². The van der Waals surface area contributed by atoms with Crippen LogP contribution in [0.15, 0.2) is 24.5 Å². The SMILES string of the molecule is COCCNCc1cccc(Cl)c1-n1cnc(C#N)n1. The third-order valence-corrected chi connectivity index (χ3v) is 2.99. The maximum atomic E-state index is 8.79. The third kappa shape index (κ3) is 3.33. The molecule has 0 saturated heterocycles. The van der Waals surface area contributed by atoms with Gasteiger partial charge < -0.3 is 10.1 Å². The van der Waals surface area contributed by atoms with Crippen LogP contribution in [-0.4, -0.2) is 35.0 Å². The Morgan fingerprint density at radius 1 is 1.50 bits per heavy atom. The van der Waals surface area contributed by atoms with Gasteiger partial charge in [-0.25, -0.2) is 9.67 Å². The van der Waals surface area contributed by atoms with Crippen molar-refractivity contribution in [3.8, 4) is 11.8 Å². The summed E-state index contributed by atoms with van der Waals surface area (Å²) < 4.78 is 6.51. The predicted octanol–water partition coefficient (Wildman–Crippen LogP) is 1.53. The number of benzene rings is 1. The number of methoxy groups -OCH3 is 1. The number of rotatable bonds is 6. The van der Waals surface area contributed by atoms with E-state index in [1.807, 2.05) is 18.2 Å². The average Bonchev–Trinajstić information content (AvgIpc) is 2.92. The monoisotopic (exact) mass is 291 g/mol. The molecule has 0 aliphatic carbocycles. The highest BCUT2D eigenvalue weighted by atomic mass is 35.5. The highest BCUT2D eigenvalue weighted by Crippen LogP contribution is 2.23. The van der Waals surface area contributed by atoms with Gasteiger partial charge in [-0.15, -0.1) is 5.10 Å². The molecule has 0 saturated carbocycles. The zero-order valence-corrected chi connectivity index (χ0v) is 11.8. The van der Waals surface area contributed by atoms with Gasteiger partial charge in [0.15, 0.2) is 0 Å². The van der Waals surface area contributed by atoms with Gasteiger partial charge in [-0.1, -0.05) is 23.7 Å². The zero-order chi connectivity index (χ0) is 14.4. The molecule has 7 heteroatoms. The van der Waals surface area contributed by atoms with Crippen molar-refractivity contribution in [2.45, 2.75) is 6.54 Å². The quantitative estimate of drug-likeness (QED) is 0.817. The predicted molar refractivity (Wildman–Crippen MR) is 74.7 cm³/mol. The van der Waals surface area contributed by atoms with E-state index in [4.69, 9.17) is 21.6 Å². The number of aromatic nitrogens is 3. The smallest absolute Gasteiger partial charge is 0.252 e. The maximum Gasteiger partial charge on any atom is 0.252 e. The molecule has 0 atom stereocenters. The van der Waals surface area contributed by atoms with Crippen LogP contribution in [0.3, 0.4) is 0 Å². The molecule has 6 nitrogen and oxygen atoms in total. The Bertz CT molecular complexity index is 619. The Morgan fingerprint density at radius 3 is 3.05 bits per heavy atom. The lowest BCUT2D eigenvalue weighted by atomic mass is 10.1. The van der Waals surface area contributed by atoms with Crippen LogP contribution in [0.25, 0.3) is 5.69 Å². The molecule has 0 radical (unpaired) electrons. The first kappa shape index (κ1) is 14.5. The van der Waals surface area contributed by atoms with E-state index >= 15 is 0 Å². The topological polar surface area (TPSA) is 75.8 Å². The van der Waals surface area contributed by atoms with Crippen molar-refractivity contribution in [2.75, 3.05) is 20.3 Å². The Morgan fingerprint density at radius 2 is 2.35 bits per heavy atom. The van der Waals surface area contributed by atoms with Gasteiger partial charge in [-0.3, -0.25) is 0 Å². The minimum absolute atomic E-state index is 0.114. The van der Waals surface area contributed by atoms with Crippen LogP contribution in [0.4, 0.5) is 0 Å². The number of nitrogens with one attached hydrogen (secondary N) is 1. The van der Waals surface area contributed by atoms with Gasteiger partial charge in [-0.05, 0) is 11.6 Å². The molecular weight excluding hydrogens is 278 g/mol. The van der Waals surface area contributed by atoms with E-state index in [-0.39, 0.29) is 5.82 Å². The Labute approximate surface area is 121 Å². The van der Waals surface area contributed by atoms with Gasteiger partial charge in [0.25, 0.3) is 5.82 Å². The molecule has 20 heavy (non-hydrogen) atoms. The second kappa shape index (κ2) is 7.01. The van der Waals surface area contributed by atoms with Crippen molar-refractivity contribution in [2.24, 2.45) is 0 Å². The normalized spacial score (nSPS) is 10.4. The van der Waals surface area contributed by atoms with Gasteiger partial charge >= 0.3 is 0 Å². The molecule has 104 valence electrons. The first-order valence-electron chi connectivity index (χ1n) is 6.05. The molecule has 0 aliphatic heterocycles. The number of para-hydroxylation sites is 1. The van der Waals surface area contributed by atoms with Gasteiger partial charge in [-0.2, -0.15) is 5.26 Å². The first-order valence-corrected chi connectivity index (χ1v) is 6.43. The molecule has 0 fully saturated rings. The van der Waals surface area contributed by atoms with Crippen molar-refractivity contribution in [3.63, 3.8) is 0 Å². The standard InChI is InChI=1S/C13H14ClN5O/c1-20-6-5-16-8-10-3-2-4-11(14)13(10)19-9-17-12(7-15)18-19/h2-4,9,16H,5-6,8H2,1H3. The molecule has 0 amide bonds. The van der Waals surface area contributed by atoms with Crippen LogP contribution in [0.1, 0.15) is 11.4 Å². The lowest BCUT2D eigenvalue weighted by Gasteiger charge is -2.11. The first-order chi connectivity index (χ1) is 9.76. The van der Waals surface area contributed by atoms with Crippen molar-refractivity contribution >= 4 is 11.6 Å². The minimum atomic E-state index is 0.114. The summed E-state index contributed by atoms with van der Waals surface area (Å²) in [6.07, 6.45) is 1.48. The molecule has 1 N–H and O–H groups in total. The van der Waals surface area contributed by atoms with Crippen LogP contribution >= 0.6 is 11.6 Å². The highest BCUT2D eigenvalue weighted by molar-refractivity contribution is 6.32. The Balaban J connectivity index is 2.24. The molecule has 2 aromatic rings. The summed E-state index contributed by atoms with van der Waals surface area (Å²) in [5, 5.41) is 16.7. The highest BCUT2D eigenvalue weighted by Gasteiger charge is 2.11. The number of hydrogen-bond donors (Lipinski definition) is 1. The maximum absolute atomic E-state index is 8.79. The molecule has 2 rings (SSSR count). The van der Waals surface area contributed by atoms with E-state index in [0.29, 0.717) is 18.2 Å². The molecule has 1 aromatic heterocycles. The number of nitrogens with zero attached hydrogens (tertiary/aromatic N) is 4. The van der Waals surface area contributed by atoms with E-state index in [1.165, 1.54) is 11.0 Å². The fraction of sp³-hybridized carbons (Fsp3) is 0.308. The Kier molecular flexibility index (Phi) is 5.07. The molecule has 0 unspecified atom stereocenters. The number of hydrogen-bond acceptors (Lipinski definition) is 5.